The highest BCUT2D eigenvalue weighted by Crippen LogP contribution is 2.34. The molecule has 4 aromatic carbocycles. The quantitative estimate of drug-likeness (QED) is 0.182. The Morgan fingerprint density at radius 1 is 0.576 bits per heavy atom. The van der Waals surface area contributed by atoms with Crippen molar-refractivity contribution < 1.29 is 36.0 Å². The highest BCUT2D eigenvalue weighted by atomic mass is 19.2. The number of rotatable bonds is 5. The molecule has 0 spiro atoms. The lowest BCUT2D eigenvalue weighted by molar-refractivity contribution is 0.433. The van der Waals surface area contributed by atoms with Gasteiger partial charge in [0.15, 0.2) is 29.1 Å². The van der Waals surface area contributed by atoms with Gasteiger partial charge in [0.2, 0.25) is 0 Å². The first-order valence-electron chi connectivity index (χ1n) is 9.59. The fraction of sp³-hybridized carbons (Fsp3) is 0. The number of hydrogen-bond acceptors (Lipinski definition) is 2. The molecule has 0 radical (unpaired) electrons. The normalized spacial score (nSPS) is 10.9. The predicted molar refractivity (Wildman–Crippen MR) is 112 cm³/mol. The maximum Gasteiger partial charge on any atom is 0.560 e. The third kappa shape index (κ3) is 4.32. The van der Waals surface area contributed by atoms with Crippen LogP contribution < -0.4 is 10.1 Å². The molecule has 0 fully saturated rings. The van der Waals surface area contributed by atoms with Crippen LogP contribution in [-0.2, 0) is 0 Å². The second kappa shape index (κ2) is 9.03. The summed E-state index contributed by atoms with van der Waals surface area (Å²) in [5.41, 5.74) is -0.803. The molecule has 1 N–H and O–H groups in total. The molecule has 0 aliphatic rings. The van der Waals surface area contributed by atoms with Crippen molar-refractivity contribution in [2.24, 2.45) is 0 Å². The van der Waals surface area contributed by atoms with Gasteiger partial charge in [0.05, 0.1) is 0 Å². The van der Waals surface area contributed by atoms with Crippen LogP contribution >= 0.6 is 0 Å². The molecule has 0 amide bonds. The smallest absolute Gasteiger partial charge is 0.532 e. The molecular weight excluding hydrogens is 445 g/mol. The van der Waals surface area contributed by atoms with E-state index in [4.69, 9.17) is 4.65 Å². The van der Waals surface area contributed by atoms with Gasteiger partial charge in [-0.25, -0.2) is 26.3 Å². The van der Waals surface area contributed by atoms with Gasteiger partial charge < -0.3 is 9.68 Å². The van der Waals surface area contributed by atoms with Crippen molar-refractivity contribution >= 4 is 12.6 Å². The zero-order chi connectivity index (χ0) is 23.7. The number of para-hydroxylation sites is 1. The average molecular weight is 458 g/mol. The predicted octanol–water partition coefficient (Wildman–Crippen LogP) is 5.62. The molecule has 0 aromatic heterocycles. The second-order valence-electron chi connectivity index (χ2n) is 7.03. The summed E-state index contributed by atoms with van der Waals surface area (Å²) in [4.78, 5) is 0. The SMILES string of the molecule is OB(Oc1ccccc1-c1cc(F)cc(F)c1F)c1ccccc1-c1ccc(F)c(F)c1F. The maximum absolute atomic E-state index is 14.4. The molecular formula is C24H13BF6O2. The van der Waals surface area contributed by atoms with Gasteiger partial charge >= 0.3 is 7.12 Å². The summed E-state index contributed by atoms with van der Waals surface area (Å²) < 4.78 is 88.8. The summed E-state index contributed by atoms with van der Waals surface area (Å²) >= 11 is 0. The molecule has 0 aliphatic heterocycles. The highest BCUT2D eigenvalue weighted by Gasteiger charge is 2.27. The van der Waals surface area contributed by atoms with E-state index in [0.717, 1.165) is 18.2 Å². The van der Waals surface area contributed by atoms with Crippen LogP contribution in [0.25, 0.3) is 22.3 Å². The van der Waals surface area contributed by atoms with Gasteiger partial charge in [0.25, 0.3) is 0 Å². The Morgan fingerprint density at radius 2 is 1.24 bits per heavy atom. The molecule has 33 heavy (non-hydrogen) atoms. The van der Waals surface area contributed by atoms with Gasteiger partial charge in [0.1, 0.15) is 11.6 Å². The van der Waals surface area contributed by atoms with Gasteiger partial charge in [-0.3, -0.25) is 0 Å². The molecule has 4 rings (SSSR count). The highest BCUT2D eigenvalue weighted by molar-refractivity contribution is 6.62. The average Bonchev–Trinajstić information content (AvgIpc) is 2.80. The Hall–Kier alpha value is -3.72. The second-order valence-corrected chi connectivity index (χ2v) is 7.03. The van der Waals surface area contributed by atoms with Gasteiger partial charge in [0, 0.05) is 28.2 Å². The van der Waals surface area contributed by atoms with Crippen LogP contribution in [-0.4, -0.2) is 12.1 Å². The summed E-state index contributed by atoms with van der Waals surface area (Å²) in [7, 11) is -1.78. The van der Waals surface area contributed by atoms with Gasteiger partial charge in [-0.2, -0.15) is 0 Å². The molecule has 0 unspecified atom stereocenters. The van der Waals surface area contributed by atoms with Crippen LogP contribution in [0, 0.1) is 34.9 Å². The van der Waals surface area contributed by atoms with Gasteiger partial charge in [-0.15, -0.1) is 0 Å². The first-order valence-corrected chi connectivity index (χ1v) is 9.59. The van der Waals surface area contributed by atoms with E-state index in [1.807, 2.05) is 0 Å². The summed E-state index contributed by atoms with van der Waals surface area (Å²) in [5, 5.41) is 10.7. The topological polar surface area (TPSA) is 29.5 Å². The van der Waals surface area contributed by atoms with E-state index in [9.17, 15) is 31.4 Å². The minimum atomic E-state index is -1.78. The largest absolute Gasteiger partial charge is 0.560 e. The van der Waals surface area contributed by atoms with Crippen molar-refractivity contribution in [2.75, 3.05) is 0 Å². The van der Waals surface area contributed by atoms with Crippen LogP contribution in [0.1, 0.15) is 0 Å². The fourth-order valence-corrected chi connectivity index (χ4v) is 3.42. The molecule has 0 bridgehead atoms. The Kier molecular flexibility index (Phi) is 6.15. The van der Waals surface area contributed by atoms with E-state index >= 15 is 0 Å². The molecule has 0 saturated carbocycles. The monoisotopic (exact) mass is 458 g/mol. The molecule has 9 heteroatoms. The molecule has 166 valence electrons. The summed E-state index contributed by atoms with van der Waals surface area (Å²) in [6.07, 6.45) is 0. The lowest BCUT2D eigenvalue weighted by Crippen LogP contribution is -2.38. The van der Waals surface area contributed by atoms with Crippen molar-refractivity contribution in [2.45, 2.75) is 0 Å². The van der Waals surface area contributed by atoms with Crippen LogP contribution in [0.5, 0.6) is 5.75 Å². The zero-order valence-electron chi connectivity index (χ0n) is 16.6. The Labute approximate surface area is 184 Å². The van der Waals surface area contributed by atoms with Crippen molar-refractivity contribution in [1.29, 1.82) is 0 Å². The zero-order valence-corrected chi connectivity index (χ0v) is 16.6. The number of halogens is 6. The third-order valence-corrected chi connectivity index (χ3v) is 4.96. The van der Waals surface area contributed by atoms with Crippen LogP contribution in [0.2, 0.25) is 0 Å². The molecule has 0 heterocycles. The molecule has 0 aliphatic carbocycles. The fourth-order valence-electron chi connectivity index (χ4n) is 3.42. The van der Waals surface area contributed by atoms with E-state index in [0.29, 0.717) is 6.07 Å². The van der Waals surface area contributed by atoms with Crippen LogP contribution in [0.4, 0.5) is 26.3 Å². The van der Waals surface area contributed by atoms with Crippen LogP contribution in [0.3, 0.4) is 0 Å². The molecule has 0 saturated heterocycles. The lowest BCUT2D eigenvalue weighted by Gasteiger charge is -2.17. The minimum absolute atomic E-state index is 0.0110. The molecule has 2 nitrogen and oxygen atoms in total. The summed E-state index contributed by atoms with van der Waals surface area (Å²) in [6.45, 7) is 0. The standard InChI is InChI=1S/C24H13BF6O2/c26-13-11-17(22(29)20(28)12-13)15-6-2-4-8-21(15)33-25(32)18-7-3-1-5-14(18)16-9-10-19(27)24(31)23(16)30/h1-12,32H. The lowest BCUT2D eigenvalue weighted by atomic mass is 9.74. The van der Waals surface area contributed by atoms with Crippen molar-refractivity contribution in [1.82, 2.24) is 0 Å². The number of hydrogen-bond donors (Lipinski definition) is 1. The first-order chi connectivity index (χ1) is 15.8. The van der Waals surface area contributed by atoms with E-state index in [-0.39, 0.29) is 27.9 Å². The van der Waals surface area contributed by atoms with E-state index in [1.165, 1.54) is 48.5 Å². The Balaban J connectivity index is 1.76. The van der Waals surface area contributed by atoms with Crippen LogP contribution in [0.15, 0.2) is 72.8 Å². The Morgan fingerprint density at radius 3 is 2.00 bits per heavy atom. The van der Waals surface area contributed by atoms with Crippen molar-refractivity contribution in [3.8, 4) is 28.0 Å². The van der Waals surface area contributed by atoms with Crippen molar-refractivity contribution in [3.05, 3.63) is 108 Å². The number of benzene rings is 4. The van der Waals surface area contributed by atoms with Crippen molar-refractivity contribution in [3.63, 3.8) is 0 Å². The summed E-state index contributed by atoms with van der Waals surface area (Å²) in [6, 6.07) is 14.3. The molecule has 0 atom stereocenters. The minimum Gasteiger partial charge on any atom is -0.532 e. The third-order valence-electron chi connectivity index (χ3n) is 4.96. The summed E-state index contributed by atoms with van der Waals surface area (Å²) in [5.74, 6) is -8.36. The van der Waals surface area contributed by atoms with E-state index in [2.05, 4.69) is 0 Å². The van der Waals surface area contributed by atoms with Gasteiger partial charge in [-0.05, 0) is 29.8 Å². The Bertz CT molecular complexity index is 1340. The molecule has 4 aromatic rings. The van der Waals surface area contributed by atoms with Gasteiger partial charge in [-0.1, -0.05) is 42.5 Å². The maximum atomic E-state index is 14.4. The first kappa shape index (κ1) is 22.5. The van der Waals surface area contributed by atoms with E-state index in [1.54, 1.807) is 0 Å². The van der Waals surface area contributed by atoms with E-state index < -0.39 is 47.6 Å².